The van der Waals surface area contributed by atoms with Gasteiger partial charge in [0, 0.05) is 38.3 Å². The Labute approximate surface area is 183 Å². The molecule has 2 heterocycles. The van der Waals surface area contributed by atoms with Gasteiger partial charge in [-0.1, -0.05) is 30.3 Å². The van der Waals surface area contributed by atoms with Gasteiger partial charge in [-0.15, -0.1) is 0 Å². The van der Waals surface area contributed by atoms with Crippen molar-refractivity contribution in [2.75, 3.05) is 38.3 Å². The SMILES string of the molecule is COc1ccc(N2CC(C(=O)N3CCC(COCc4ccccc4)CC3)CC2=O)cc1. The minimum Gasteiger partial charge on any atom is -0.497 e. The van der Waals surface area contributed by atoms with Crippen LogP contribution in [0.3, 0.4) is 0 Å². The van der Waals surface area contributed by atoms with Crippen molar-refractivity contribution in [3.63, 3.8) is 0 Å². The largest absolute Gasteiger partial charge is 0.497 e. The summed E-state index contributed by atoms with van der Waals surface area (Å²) in [4.78, 5) is 29.2. The molecule has 2 aromatic rings. The summed E-state index contributed by atoms with van der Waals surface area (Å²) >= 11 is 0. The van der Waals surface area contributed by atoms with Gasteiger partial charge < -0.3 is 19.3 Å². The molecule has 0 saturated carbocycles. The fraction of sp³-hybridized carbons (Fsp3) is 0.440. The van der Waals surface area contributed by atoms with Gasteiger partial charge in [-0.05, 0) is 48.6 Å². The number of hydrogen-bond donors (Lipinski definition) is 0. The highest BCUT2D eigenvalue weighted by molar-refractivity contribution is 6.00. The van der Waals surface area contributed by atoms with E-state index >= 15 is 0 Å². The Kier molecular flexibility index (Phi) is 6.87. The van der Waals surface area contributed by atoms with Crippen molar-refractivity contribution in [3.8, 4) is 5.75 Å². The maximum atomic E-state index is 13.0. The Morgan fingerprint density at radius 1 is 1.03 bits per heavy atom. The van der Waals surface area contributed by atoms with Gasteiger partial charge in [-0.25, -0.2) is 0 Å². The monoisotopic (exact) mass is 422 g/mol. The number of rotatable bonds is 7. The average molecular weight is 423 g/mol. The number of carbonyl (C=O) groups is 2. The molecule has 2 aromatic carbocycles. The number of anilines is 1. The molecular formula is C25H30N2O4. The number of benzene rings is 2. The maximum Gasteiger partial charge on any atom is 0.228 e. The zero-order chi connectivity index (χ0) is 21.6. The number of hydrogen-bond acceptors (Lipinski definition) is 4. The minimum atomic E-state index is -0.263. The number of nitrogens with zero attached hydrogens (tertiary/aromatic N) is 2. The lowest BCUT2D eigenvalue weighted by Crippen LogP contribution is -2.43. The summed E-state index contributed by atoms with van der Waals surface area (Å²) in [5.74, 6) is 1.08. The summed E-state index contributed by atoms with van der Waals surface area (Å²) in [5, 5.41) is 0. The van der Waals surface area contributed by atoms with Crippen LogP contribution in [-0.4, -0.2) is 50.1 Å². The maximum absolute atomic E-state index is 13.0. The van der Waals surface area contributed by atoms with Crippen LogP contribution >= 0.6 is 0 Å². The molecule has 1 atom stereocenters. The Morgan fingerprint density at radius 2 is 1.74 bits per heavy atom. The second kappa shape index (κ2) is 9.96. The van der Waals surface area contributed by atoms with E-state index in [-0.39, 0.29) is 24.2 Å². The zero-order valence-electron chi connectivity index (χ0n) is 18.0. The quantitative estimate of drug-likeness (QED) is 0.685. The van der Waals surface area contributed by atoms with E-state index in [2.05, 4.69) is 12.1 Å². The minimum absolute atomic E-state index is 0.00714. The first-order valence-corrected chi connectivity index (χ1v) is 11.0. The Bertz CT molecular complexity index is 876. The third kappa shape index (κ3) is 5.25. The van der Waals surface area contributed by atoms with Gasteiger partial charge in [0.05, 0.1) is 19.6 Å². The highest BCUT2D eigenvalue weighted by atomic mass is 16.5. The first-order chi connectivity index (χ1) is 15.1. The second-order valence-corrected chi connectivity index (χ2v) is 8.37. The van der Waals surface area contributed by atoms with E-state index < -0.39 is 0 Å². The molecule has 2 amide bonds. The van der Waals surface area contributed by atoms with E-state index in [1.54, 1.807) is 12.0 Å². The first-order valence-electron chi connectivity index (χ1n) is 11.0. The van der Waals surface area contributed by atoms with Gasteiger partial charge in [-0.3, -0.25) is 9.59 Å². The van der Waals surface area contributed by atoms with Crippen molar-refractivity contribution in [1.29, 1.82) is 0 Å². The third-order valence-electron chi connectivity index (χ3n) is 6.25. The lowest BCUT2D eigenvalue weighted by atomic mass is 9.96. The molecule has 31 heavy (non-hydrogen) atoms. The molecule has 0 aromatic heterocycles. The molecule has 0 aliphatic carbocycles. The number of methoxy groups -OCH3 is 1. The summed E-state index contributed by atoms with van der Waals surface area (Å²) in [6.45, 7) is 3.29. The molecular weight excluding hydrogens is 392 g/mol. The molecule has 6 nitrogen and oxygen atoms in total. The number of ether oxygens (including phenoxy) is 2. The van der Waals surface area contributed by atoms with Crippen LogP contribution in [0.4, 0.5) is 5.69 Å². The van der Waals surface area contributed by atoms with Crippen LogP contribution in [-0.2, 0) is 20.9 Å². The number of likely N-dealkylation sites (tertiary alicyclic amines) is 1. The standard InChI is InChI=1S/C25H30N2O4/c1-30-23-9-7-22(8-10-23)27-16-21(15-24(27)28)25(29)26-13-11-20(12-14-26)18-31-17-19-5-3-2-4-6-19/h2-10,20-21H,11-18H2,1H3. The molecule has 0 radical (unpaired) electrons. The van der Waals surface area contributed by atoms with E-state index in [4.69, 9.17) is 9.47 Å². The Morgan fingerprint density at radius 3 is 2.42 bits per heavy atom. The third-order valence-corrected chi connectivity index (χ3v) is 6.25. The Balaban J connectivity index is 1.23. The van der Waals surface area contributed by atoms with Crippen molar-refractivity contribution in [2.45, 2.75) is 25.9 Å². The summed E-state index contributed by atoms with van der Waals surface area (Å²) < 4.78 is 11.1. The topological polar surface area (TPSA) is 59.1 Å². The number of piperidine rings is 1. The van der Waals surface area contributed by atoms with Gasteiger partial charge in [0.15, 0.2) is 0 Å². The number of amides is 2. The molecule has 0 spiro atoms. The van der Waals surface area contributed by atoms with E-state index in [0.717, 1.165) is 44.0 Å². The first kappa shape index (κ1) is 21.4. The van der Waals surface area contributed by atoms with Crippen LogP contribution in [0.15, 0.2) is 54.6 Å². The fourth-order valence-corrected chi connectivity index (χ4v) is 4.38. The van der Waals surface area contributed by atoms with Gasteiger partial charge in [0.1, 0.15) is 5.75 Å². The zero-order valence-corrected chi connectivity index (χ0v) is 18.0. The summed E-state index contributed by atoms with van der Waals surface area (Å²) in [5.41, 5.74) is 2.00. The van der Waals surface area contributed by atoms with Crippen molar-refractivity contribution in [1.82, 2.24) is 4.90 Å². The average Bonchev–Trinajstić information content (AvgIpc) is 3.21. The molecule has 2 aliphatic rings. The molecule has 6 heteroatoms. The highest BCUT2D eigenvalue weighted by Crippen LogP contribution is 2.29. The van der Waals surface area contributed by atoms with Crippen LogP contribution in [0.5, 0.6) is 5.75 Å². The smallest absolute Gasteiger partial charge is 0.228 e. The summed E-state index contributed by atoms with van der Waals surface area (Å²) in [6, 6.07) is 17.6. The van der Waals surface area contributed by atoms with E-state index in [1.807, 2.05) is 47.4 Å². The van der Waals surface area contributed by atoms with E-state index in [9.17, 15) is 9.59 Å². The Hall–Kier alpha value is -2.86. The molecule has 2 aliphatic heterocycles. The molecule has 1 unspecified atom stereocenters. The van der Waals surface area contributed by atoms with Gasteiger partial charge in [0.25, 0.3) is 0 Å². The summed E-state index contributed by atoms with van der Waals surface area (Å²) in [7, 11) is 1.61. The van der Waals surface area contributed by atoms with Crippen molar-refractivity contribution in [3.05, 3.63) is 60.2 Å². The highest BCUT2D eigenvalue weighted by Gasteiger charge is 2.38. The number of carbonyl (C=O) groups excluding carboxylic acids is 2. The lowest BCUT2D eigenvalue weighted by Gasteiger charge is -2.33. The van der Waals surface area contributed by atoms with Crippen LogP contribution < -0.4 is 9.64 Å². The van der Waals surface area contributed by atoms with Gasteiger partial charge in [-0.2, -0.15) is 0 Å². The van der Waals surface area contributed by atoms with Crippen molar-refractivity contribution >= 4 is 17.5 Å². The van der Waals surface area contributed by atoms with E-state index in [1.165, 1.54) is 5.56 Å². The predicted octanol–water partition coefficient (Wildman–Crippen LogP) is 3.50. The van der Waals surface area contributed by atoms with Crippen molar-refractivity contribution < 1.29 is 19.1 Å². The van der Waals surface area contributed by atoms with Crippen molar-refractivity contribution in [2.24, 2.45) is 11.8 Å². The molecule has 0 bridgehead atoms. The lowest BCUT2D eigenvalue weighted by molar-refractivity contribution is -0.137. The normalized spacial score (nSPS) is 19.6. The molecule has 4 rings (SSSR count). The van der Waals surface area contributed by atoms with Gasteiger partial charge >= 0.3 is 0 Å². The van der Waals surface area contributed by atoms with Crippen LogP contribution in [0, 0.1) is 11.8 Å². The molecule has 2 fully saturated rings. The van der Waals surface area contributed by atoms with Gasteiger partial charge in [0.2, 0.25) is 11.8 Å². The molecule has 2 saturated heterocycles. The molecule has 0 N–H and O–H groups in total. The molecule has 164 valence electrons. The van der Waals surface area contributed by atoms with Crippen LogP contribution in [0.2, 0.25) is 0 Å². The predicted molar refractivity (Wildman–Crippen MR) is 119 cm³/mol. The second-order valence-electron chi connectivity index (χ2n) is 8.37. The van der Waals surface area contributed by atoms with Crippen LogP contribution in [0.1, 0.15) is 24.8 Å². The fourth-order valence-electron chi connectivity index (χ4n) is 4.38. The summed E-state index contributed by atoms with van der Waals surface area (Å²) in [6.07, 6.45) is 2.18. The van der Waals surface area contributed by atoms with E-state index in [0.29, 0.717) is 19.1 Å². The van der Waals surface area contributed by atoms with Crippen LogP contribution in [0.25, 0.3) is 0 Å².